The van der Waals surface area contributed by atoms with Crippen molar-refractivity contribution < 1.29 is 9.59 Å². The fourth-order valence-corrected chi connectivity index (χ4v) is 2.75. The van der Waals surface area contributed by atoms with Crippen molar-refractivity contribution in [3.8, 4) is 0 Å². The van der Waals surface area contributed by atoms with Gasteiger partial charge in [0.05, 0.1) is 17.1 Å². The van der Waals surface area contributed by atoms with Crippen molar-refractivity contribution in [2.24, 2.45) is 0 Å². The number of nitrogens with one attached hydrogen (secondary N) is 1. The van der Waals surface area contributed by atoms with Gasteiger partial charge < -0.3 is 10.2 Å². The lowest BCUT2D eigenvalue weighted by Crippen LogP contribution is -2.31. The van der Waals surface area contributed by atoms with Gasteiger partial charge in [-0.2, -0.15) is 5.10 Å². The SMILES string of the molecule is CN(CCn1cccn1)C(=O)c1cc(N2CCNC2=O)ccc1Cl. The summed E-state index contributed by atoms with van der Waals surface area (Å²) in [6, 6.07) is 6.73. The van der Waals surface area contributed by atoms with Gasteiger partial charge in [0.25, 0.3) is 5.91 Å². The van der Waals surface area contributed by atoms with Crippen LogP contribution < -0.4 is 10.2 Å². The second kappa shape index (κ2) is 6.92. The molecular weight excluding hydrogens is 330 g/mol. The monoisotopic (exact) mass is 347 g/mol. The van der Waals surface area contributed by atoms with Gasteiger partial charge in [-0.25, -0.2) is 4.79 Å². The number of hydrogen-bond acceptors (Lipinski definition) is 3. The second-order valence-electron chi connectivity index (χ2n) is 5.54. The summed E-state index contributed by atoms with van der Waals surface area (Å²) < 4.78 is 1.76. The molecule has 3 amide bonds. The van der Waals surface area contributed by atoms with Crippen LogP contribution in [0.1, 0.15) is 10.4 Å². The molecule has 0 spiro atoms. The molecule has 24 heavy (non-hydrogen) atoms. The molecule has 1 N–H and O–H groups in total. The van der Waals surface area contributed by atoms with E-state index in [1.54, 1.807) is 45.9 Å². The Labute approximate surface area is 144 Å². The van der Waals surface area contributed by atoms with E-state index in [1.165, 1.54) is 0 Å². The maximum absolute atomic E-state index is 12.7. The zero-order valence-electron chi connectivity index (χ0n) is 13.3. The lowest BCUT2D eigenvalue weighted by molar-refractivity contribution is 0.0789. The minimum absolute atomic E-state index is 0.164. The molecule has 0 bridgehead atoms. The van der Waals surface area contributed by atoms with Crippen molar-refractivity contribution in [1.82, 2.24) is 20.0 Å². The Hall–Kier alpha value is -2.54. The third-order valence-corrected chi connectivity index (χ3v) is 4.25. The van der Waals surface area contributed by atoms with Gasteiger partial charge in [0.15, 0.2) is 0 Å². The number of anilines is 1. The van der Waals surface area contributed by atoms with Crippen molar-refractivity contribution in [3.63, 3.8) is 0 Å². The summed E-state index contributed by atoms with van der Waals surface area (Å²) in [4.78, 5) is 27.6. The van der Waals surface area contributed by atoms with E-state index in [-0.39, 0.29) is 11.9 Å². The van der Waals surface area contributed by atoms with Crippen molar-refractivity contribution in [2.75, 3.05) is 31.6 Å². The van der Waals surface area contributed by atoms with Crippen molar-refractivity contribution in [3.05, 3.63) is 47.2 Å². The van der Waals surface area contributed by atoms with Crippen LogP contribution in [0.5, 0.6) is 0 Å². The average molecular weight is 348 g/mol. The smallest absolute Gasteiger partial charge is 0.321 e. The van der Waals surface area contributed by atoms with Crippen molar-refractivity contribution in [1.29, 1.82) is 0 Å². The van der Waals surface area contributed by atoms with Gasteiger partial charge in [-0.1, -0.05) is 11.6 Å². The first-order chi connectivity index (χ1) is 11.6. The molecule has 1 aromatic heterocycles. The van der Waals surface area contributed by atoms with Crippen LogP contribution in [-0.4, -0.2) is 53.3 Å². The highest BCUT2D eigenvalue weighted by atomic mass is 35.5. The molecule has 8 heteroatoms. The summed E-state index contributed by atoms with van der Waals surface area (Å²) >= 11 is 6.19. The molecule has 1 aromatic carbocycles. The highest BCUT2D eigenvalue weighted by molar-refractivity contribution is 6.34. The minimum Gasteiger partial charge on any atom is -0.340 e. The summed E-state index contributed by atoms with van der Waals surface area (Å²) in [5.74, 6) is -0.186. The predicted molar refractivity (Wildman–Crippen MR) is 91.4 cm³/mol. The number of amides is 3. The molecule has 7 nitrogen and oxygen atoms in total. The molecule has 1 aliphatic rings. The number of carbonyl (C=O) groups is 2. The molecule has 0 unspecified atom stereocenters. The highest BCUT2D eigenvalue weighted by Gasteiger charge is 2.23. The van der Waals surface area contributed by atoms with E-state index < -0.39 is 0 Å². The molecule has 0 aliphatic carbocycles. The molecule has 1 aliphatic heterocycles. The second-order valence-corrected chi connectivity index (χ2v) is 5.95. The van der Waals surface area contributed by atoms with E-state index in [2.05, 4.69) is 10.4 Å². The summed E-state index contributed by atoms with van der Waals surface area (Å²) in [5, 5.41) is 7.22. The van der Waals surface area contributed by atoms with E-state index in [4.69, 9.17) is 11.6 Å². The largest absolute Gasteiger partial charge is 0.340 e. The van der Waals surface area contributed by atoms with Crippen LogP contribution >= 0.6 is 11.6 Å². The average Bonchev–Trinajstić information content (AvgIpc) is 3.24. The Bertz CT molecular complexity index is 747. The summed E-state index contributed by atoms with van der Waals surface area (Å²) in [6.07, 6.45) is 3.54. The molecule has 0 radical (unpaired) electrons. The zero-order valence-corrected chi connectivity index (χ0v) is 14.0. The van der Waals surface area contributed by atoms with E-state index in [0.717, 1.165) is 0 Å². The van der Waals surface area contributed by atoms with Gasteiger partial charge in [0.1, 0.15) is 0 Å². The number of rotatable bonds is 5. The summed E-state index contributed by atoms with van der Waals surface area (Å²) in [7, 11) is 1.72. The van der Waals surface area contributed by atoms with Crippen LogP contribution in [-0.2, 0) is 6.54 Å². The quantitative estimate of drug-likeness (QED) is 0.897. The Kier molecular flexibility index (Phi) is 4.71. The van der Waals surface area contributed by atoms with E-state index >= 15 is 0 Å². The minimum atomic E-state index is -0.186. The molecular formula is C16H18ClN5O2. The number of likely N-dealkylation sites (N-methyl/N-ethyl adjacent to an activating group) is 1. The number of benzene rings is 1. The van der Waals surface area contributed by atoms with Crippen LogP contribution in [0, 0.1) is 0 Å². The number of aromatic nitrogens is 2. The summed E-state index contributed by atoms with van der Waals surface area (Å²) in [6.45, 7) is 2.27. The van der Waals surface area contributed by atoms with Crippen molar-refractivity contribution >= 4 is 29.2 Å². The fourth-order valence-electron chi connectivity index (χ4n) is 2.56. The van der Waals surface area contributed by atoms with Crippen LogP contribution in [0.2, 0.25) is 5.02 Å². The first-order valence-electron chi connectivity index (χ1n) is 7.64. The molecule has 2 aromatic rings. The van der Waals surface area contributed by atoms with Gasteiger partial charge >= 0.3 is 6.03 Å². The lowest BCUT2D eigenvalue weighted by atomic mass is 10.1. The molecule has 126 valence electrons. The van der Waals surface area contributed by atoms with Gasteiger partial charge in [-0.05, 0) is 24.3 Å². The first kappa shape index (κ1) is 16.3. The molecule has 1 saturated heterocycles. The Morgan fingerprint density at radius 1 is 1.46 bits per heavy atom. The normalized spacial score (nSPS) is 13.9. The van der Waals surface area contributed by atoms with Gasteiger partial charge in [-0.3, -0.25) is 14.4 Å². The number of halogens is 1. The van der Waals surface area contributed by atoms with E-state index in [1.807, 2.05) is 12.3 Å². The fraction of sp³-hybridized carbons (Fsp3) is 0.312. The third-order valence-electron chi connectivity index (χ3n) is 3.92. The van der Waals surface area contributed by atoms with E-state index in [0.29, 0.717) is 42.5 Å². The maximum Gasteiger partial charge on any atom is 0.321 e. The van der Waals surface area contributed by atoms with Crippen LogP contribution in [0.25, 0.3) is 0 Å². The lowest BCUT2D eigenvalue weighted by Gasteiger charge is -2.20. The standard InChI is InChI=1S/C16H18ClN5O2/c1-20(9-10-21-7-2-5-19-21)15(23)13-11-12(3-4-14(13)17)22-8-6-18-16(22)24/h2-5,7,11H,6,8-10H2,1H3,(H,18,24). The van der Waals surface area contributed by atoms with Gasteiger partial charge in [-0.15, -0.1) is 0 Å². The number of hydrogen-bond donors (Lipinski definition) is 1. The number of carbonyl (C=O) groups excluding carboxylic acids is 2. The first-order valence-corrected chi connectivity index (χ1v) is 8.02. The third kappa shape index (κ3) is 3.35. The molecule has 0 atom stereocenters. The van der Waals surface area contributed by atoms with E-state index in [9.17, 15) is 9.59 Å². The maximum atomic E-state index is 12.7. The molecule has 2 heterocycles. The topological polar surface area (TPSA) is 70.5 Å². The summed E-state index contributed by atoms with van der Waals surface area (Å²) in [5.41, 5.74) is 1.05. The van der Waals surface area contributed by atoms with Crippen LogP contribution in [0.15, 0.2) is 36.7 Å². The predicted octanol–water partition coefficient (Wildman–Crippen LogP) is 1.84. The molecule has 3 rings (SSSR count). The molecule has 0 saturated carbocycles. The Morgan fingerprint density at radius 2 is 2.29 bits per heavy atom. The number of nitrogens with zero attached hydrogens (tertiary/aromatic N) is 4. The highest BCUT2D eigenvalue weighted by Crippen LogP contribution is 2.25. The molecule has 1 fully saturated rings. The van der Waals surface area contributed by atoms with Gasteiger partial charge in [0, 0.05) is 44.8 Å². The van der Waals surface area contributed by atoms with Crippen LogP contribution in [0.3, 0.4) is 0 Å². The van der Waals surface area contributed by atoms with Crippen molar-refractivity contribution in [2.45, 2.75) is 6.54 Å². The Morgan fingerprint density at radius 3 is 2.96 bits per heavy atom. The van der Waals surface area contributed by atoms with Gasteiger partial charge in [0.2, 0.25) is 0 Å². The Balaban J connectivity index is 1.74. The zero-order chi connectivity index (χ0) is 17.1. The van der Waals surface area contributed by atoms with Crippen LogP contribution in [0.4, 0.5) is 10.5 Å². The number of urea groups is 1.